The zero-order chi connectivity index (χ0) is 20.9. The van der Waals surface area contributed by atoms with Crippen molar-refractivity contribution in [3.8, 4) is 11.5 Å². The third-order valence-corrected chi connectivity index (χ3v) is 5.17. The van der Waals surface area contributed by atoms with Crippen LogP contribution in [0.4, 0.5) is 0 Å². The van der Waals surface area contributed by atoms with Gasteiger partial charge in [-0.05, 0) is 66.8 Å². The van der Waals surface area contributed by atoms with Crippen LogP contribution in [0.1, 0.15) is 29.3 Å². The van der Waals surface area contributed by atoms with E-state index in [-0.39, 0.29) is 5.75 Å². The van der Waals surface area contributed by atoms with Crippen molar-refractivity contribution in [1.29, 1.82) is 0 Å². The number of allylic oxidation sites excluding steroid dienone is 1. The zero-order valence-electron chi connectivity index (χ0n) is 17.1. The maximum atomic E-state index is 9.92. The van der Waals surface area contributed by atoms with E-state index in [2.05, 4.69) is 55.1 Å². The van der Waals surface area contributed by atoms with Crippen molar-refractivity contribution in [2.45, 2.75) is 26.4 Å². The SMILES string of the molecule is C=C(C)c1cc(OCc2ccc3ccc(CCc4ccccc4)cc3n2)ccc1O. The Kier molecular flexibility index (Phi) is 5.80. The molecule has 0 aliphatic heterocycles. The fourth-order valence-corrected chi connectivity index (χ4v) is 3.48. The minimum absolute atomic E-state index is 0.210. The molecule has 0 aliphatic rings. The van der Waals surface area contributed by atoms with E-state index in [0.29, 0.717) is 17.9 Å². The molecule has 1 N–H and O–H groups in total. The number of hydrogen-bond donors (Lipinski definition) is 1. The molecule has 0 saturated heterocycles. The number of phenols is 1. The van der Waals surface area contributed by atoms with E-state index in [9.17, 15) is 5.11 Å². The highest BCUT2D eigenvalue weighted by Gasteiger charge is 2.06. The third kappa shape index (κ3) is 4.69. The number of benzene rings is 3. The summed E-state index contributed by atoms with van der Waals surface area (Å²) in [6.07, 6.45) is 2.00. The van der Waals surface area contributed by atoms with Gasteiger partial charge in [0.05, 0.1) is 11.2 Å². The molecule has 3 aromatic carbocycles. The quantitative estimate of drug-likeness (QED) is 0.397. The standard InChI is InChI=1S/C27H25NO2/c1-19(2)25-17-24(14-15-27(25)29)30-18-23-13-12-22-11-10-21(16-26(22)28-23)9-8-20-6-4-3-5-7-20/h3-7,10-17,29H,1,8-9,18H2,2H3. The molecule has 0 unspecified atom stereocenters. The summed E-state index contributed by atoms with van der Waals surface area (Å²) in [7, 11) is 0. The summed E-state index contributed by atoms with van der Waals surface area (Å²) in [5, 5.41) is 11.0. The molecule has 150 valence electrons. The summed E-state index contributed by atoms with van der Waals surface area (Å²) >= 11 is 0. The molecule has 4 aromatic rings. The normalized spacial score (nSPS) is 10.8. The Balaban J connectivity index is 1.47. The first-order valence-electron chi connectivity index (χ1n) is 10.1. The van der Waals surface area contributed by atoms with Crippen LogP contribution in [0.2, 0.25) is 0 Å². The van der Waals surface area contributed by atoms with Gasteiger partial charge in [0.25, 0.3) is 0 Å². The van der Waals surface area contributed by atoms with Crippen molar-refractivity contribution in [3.05, 3.63) is 108 Å². The Morgan fingerprint density at radius 1 is 0.900 bits per heavy atom. The molecule has 1 heterocycles. The highest BCUT2D eigenvalue weighted by Crippen LogP contribution is 2.28. The Hall–Kier alpha value is -3.59. The van der Waals surface area contributed by atoms with Crippen molar-refractivity contribution < 1.29 is 9.84 Å². The predicted octanol–water partition coefficient (Wildman–Crippen LogP) is 6.34. The van der Waals surface area contributed by atoms with E-state index >= 15 is 0 Å². The van der Waals surface area contributed by atoms with Gasteiger partial charge in [0.2, 0.25) is 0 Å². The van der Waals surface area contributed by atoms with Gasteiger partial charge in [-0.2, -0.15) is 0 Å². The second kappa shape index (κ2) is 8.83. The molecule has 30 heavy (non-hydrogen) atoms. The first-order chi connectivity index (χ1) is 14.6. The monoisotopic (exact) mass is 395 g/mol. The number of pyridine rings is 1. The Morgan fingerprint density at radius 3 is 2.47 bits per heavy atom. The van der Waals surface area contributed by atoms with E-state index in [1.54, 1.807) is 18.2 Å². The Bertz CT molecular complexity index is 1180. The van der Waals surface area contributed by atoms with Crippen LogP contribution in [-0.2, 0) is 19.4 Å². The van der Waals surface area contributed by atoms with Crippen LogP contribution in [-0.4, -0.2) is 10.1 Å². The maximum absolute atomic E-state index is 9.92. The number of hydrogen-bond acceptors (Lipinski definition) is 3. The van der Waals surface area contributed by atoms with Gasteiger partial charge in [-0.15, -0.1) is 0 Å². The fourth-order valence-electron chi connectivity index (χ4n) is 3.48. The molecule has 4 rings (SSSR count). The van der Waals surface area contributed by atoms with Gasteiger partial charge in [0.15, 0.2) is 0 Å². The van der Waals surface area contributed by atoms with Gasteiger partial charge in [0, 0.05) is 10.9 Å². The van der Waals surface area contributed by atoms with E-state index in [4.69, 9.17) is 9.72 Å². The van der Waals surface area contributed by atoms with Crippen molar-refractivity contribution in [2.24, 2.45) is 0 Å². The molecule has 0 aliphatic carbocycles. The summed E-state index contributed by atoms with van der Waals surface area (Å²) < 4.78 is 5.91. The molecule has 0 radical (unpaired) electrons. The number of aryl methyl sites for hydroxylation is 2. The first kappa shape index (κ1) is 19.7. The Labute approximate surface area is 177 Å². The van der Waals surface area contributed by atoms with Gasteiger partial charge in [-0.25, -0.2) is 4.98 Å². The van der Waals surface area contributed by atoms with Crippen LogP contribution in [0.15, 0.2) is 85.4 Å². The molecule has 1 aromatic heterocycles. The van der Waals surface area contributed by atoms with Crippen LogP contribution in [0.25, 0.3) is 16.5 Å². The minimum atomic E-state index is 0.210. The highest BCUT2D eigenvalue weighted by molar-refractivity contribution is 5.79. The molecule has 0 saturated carbocycles. The molecule has 3 heteroatoms. The largest absolute Gasteiger partial charge is 0.507 e. The number of phenolic OH excluding ortho intramolecular Hbond substituents is 1. The van der Waals surface area contributed by atoms with Crippen LogP contribution in [0.3, 0.4) is 0 Å². The van der Waals surface area contributed by atoms with Gasteiger partial charge < -0.3 is 9.84 Å². The lowest BCUT2D eigenvalue weighted by atomic mass is 10.0. The minimum Gasteiger partial charge on any atom is -0.507 e. The fraction of sp³-hybridized carbons (Fsp3) is 0.148. The highest BCUT2D eigenvalue weighted by atomic mass is 16.5. The first-order valence-corrected chi connectivity index (χ1v) is 10.1. The molecule has 0 spiro atoms. The molecular weight excluding hydrogens is 370 g/mol. The van der Waals surface area contributed by atoms with Crippen LogP contribution >= 0.6 is 0 Å². The molecular formula is C27H25NO2. The van der Waals surface area contributed by atoms with Gasteiger partial charge in [-0.3, -0.25) is 0 Å². The van der Waals surface area contributed by atoms with Crippen molar-refractivity contribution >= 4 is 16.5 Å². The summed E-state index contributed by atoms with van der Waals surface area (Å²) in [6.45, 7) is 6.12. The average molecular weight is 396 g/mol. The van der Waals surface area contributed by atoms with Crippen molar-refractivity contribution in [2.75, 3.05) is 0 Å². The lowest BCUT2D eigenvalue weighted by molar-refractivity contribution is 0.301. The average Bonchev–Trinajstić information content (AvgIpc) is 2.77. The summed E-state index contributed by atoms with van der Waals surface area (Å²) in [4.78, 5) is 4.79. The second-order valence-electron chi connectivity index (χ2n) is 7.56. The van der Waals surface area contributed by atoms with Gasteiger partial charge in [-0.1, -0.05) is 55.1 Å². The molecule has 3 nitrogen and oxygen atoms in total. The topological polar surface area (TPSA) is 42.4 Å². The van der Waals surface area contributed by atoms with Gasteiger partial charge in [0.1, 0.15) is 18.1 Å². The van der Waals surface area contributed by atoms with E-state index in [0.717, 1.165) is 35.0 Å². The van der Waals surface area contributed by atoms with E-state index in [1.165, 1.54) is 11.1 Å². The molecule has 0 atom stereocenters. The number of fused-ring (bicyclic) bond motifs is 1. The molecule has 0 amide bonds. The lowest BCUT2D eigenvalue weighted by Gasteiger charge is -2.10. The molecule has 0 fully saturated rings. The smallest absolute Gasteiger partial charge is 0.130 e. The maximum Gasteiger partial charge on any atom is 0.130 e. The summed E-state index contributed by atoms with van der Waals surface area (Å²) in [5.74, 6) is 0.894. The number of aromatic nitrogens is 1. The van der Waals surface area contributed by atoms with Crippen LogP contribution in [0.5, 0.6) is 11.5 Å². The van der Waals surface area contributed by atoms with E-state index in [1.807, 2.05) is 19.1 Å². The number of nitrogens with zero attached hydrogens (tertiary/aromatic N) is 1. The summed E-state index contributed by atoms with van der Waals surface area (Å²) in [6, 6.07) is 26.3. The zero-order valence-corrected chi connectivity index (χ0v) is 17.1. The predicted molar refractivity (Wildman–Crippen MR) is 123 cm³/mol. The van der Waals surface area contributed by atoms with Gasteiger partial charge >= 0.3 is 0 Å². The Morgan fingerprint density at radius 2 is 1.67 bits per heavy atom. The van der Waals surface area contributed by atoms with Crippen molar-refractivity contribution in [1.82, 2.24) is 4.98 Å². The number of aromatic hydroxyl groups is 1. The van der Waals surface area contributed by atoms with Crippen LogP contribution < -0.4 is 4.74 Å². The lowest BCUT2D eigenvalue weighted by Crippen LogP contribution is -1.99. The number of rotatable bonds is 7. The third-order valence-electron chi connectivity index (χ3n) is 5.17. The second-order valence-corrected chi connectivity index (χ2v) is 7.56. The molecule has 0 bridgehead atoms. The van der Waals surface area contributed by atoms with E-state index < -0.39 is 0 Å². The summed E-state index contributed by atoms with van der Waals surface area (Å²) in [5.41, 5.74) is 5.96. The van der Waals surface area contributed by atoms with Crippen molar-refractivity contribution in [3.63, 3.8) is 0 Å². The number of ether oxygens (including phenoxy) is 1. The van der Waals surface area contributed by atoms with Crippen LogP contribution in [0, 0.1) is 0 Å².